The first-order valence-corrected chi connectivity index (χ1v) is 10.3. The summed E-state index contributed by atoms with van der Waals surface area (Å²) in [5.41, 5.74) is 0.101. The van der Waals surface area contributed by atoms with Crippen molar-refractivity contribution >= 4 is 33.3 Å². The van der Waals surface area contributed by atoms with Crippen molar-refractivity contribution in [1.29, 1.82) is 0 Å². The first kappa shape index (κ1) is 19.9. The van der Waals surface area contributed by atoms with Crippen molar-refractivity contribution in [2.75, 3.05) is 6.26 Å². The average Bonchev–Trinajstić information content (AvgIpc) is 2.62. The molecule has 26 heavy (non-hydrogen) atoms. The lowest BCUT2D eigenvalue weighted by Gasteiger charge is -2.33. The number of nitro groups is 1. The number of sulfone groups is 1. The lowest BCUT2D eigenvalue weighted by molar-refractivity contribution is -0.384. The SMILES string of the molecule is CCc1ccccc1S(=O)(=O)C(SC)(C(=O)[O-])c1ccc([N+](=O)[O-])cc1. The predicted octanol–water partition coefficient (Wildman–Crippen LogP) is 1.90. The molecule has 0 aliphatic rings. The third kappa shape index (κ3) is 3.08. The number of thioether (sulfide) groups is 1. The number of carboxylic acids is 1. The number of nitro benzene ring substituents is 1. The number of carbonyl (C=O) groups excluding carboxylic acids is 1. The molecule has 0 N–H and O–H groups in total. The Morgan fingerprint density at radius 2 is 1.73 bits per heavy atom. The molecule has 0 spiro atoms. The van der Waals surface area contributed by atoms with Crippen LogP contribution < -0.4 is 5.11 Å². The predicted molar refractivity (Wildman–Crippen MR) is 96.3 cm³/mol. The van der Waals surface area contributed by atoms with Crippen LogP contribution in [0, 0.1) is 10.1 Å². The van der Waals surface area contributed by atoms with Gasteiger partial charge in [0.2, 0.25) is 9.84 Å². The summed E-state index contributed by atoms with van der Waals surface area (Å²) < 4.78 is 24.3. The quantitative estimate of drug-likeness (QED) is 0.520. The van der Waals surface area contributed by atoms with Gasteiger partial charge < -0.3 is 9.90 Å². The Morgan fingerprint density at radius 3 is 2.19 bits per heavy atom. The summed E-state index contributed by atoms with van der Waals surface area (Å²) in [6.45, 7) is 1.76. The van der Waals surface area contributed by atoms with Crippen molar-refractivity contribution in [3.63, 3.8) is 0 Å². The molecule has 9 heteroatoms. The number of non-ortho nitro benzene ring substituents is 1. The van der Waals surface area contributed by atoms with E-state index in [0.29, 0.717) is 23.7 Å². The van der Waals surface area contributed by atoms with E-state index in [1.165, 1.54) is 18.4 Å². The molecule has 0 fully saturated rings. The molecule has 0 aliphatic carbocycles. The lowest BCUT2D eigenvalue weighted by Crippen LogP contribution is -2.49. The van der Waals surface area contributed by atoms with E-state index in [4.69, 9.17) is 0 Å². The molecule has 1 unspecified atom stereocenters. The van der Waals surface area contributed by atoms with Crippen molar-refractivity contribution in [3.8, 4) is 0 Å². The topological polar surface area (TPSA) is 117 Å². The summed E-state index contributed by atoms with van der Waals surface area (Å²) in [7, 11) is -4.41. The minimum absolute atomic E-state index is 0.0978. The Labute approximate surface area is 155 Å². The molecule has 1 atom stereocenters. The first-order chi connectivity index (χ1) is 12.2. The van der Waals surface area contributed by atoms with Gasteiger partial charge in [0.25, 0.3) is 5.69 Å². The molecule has 2 aromatic rings. The minimum atomic E-state index is -4.41. The fourth-order valence-corrected chi connectivity index (χ4v) is 6.19. The Hall–Kier alpha value is -2.39. The van der Waals surface area contributed by atoms with Gasteiger partial charge in [-0.15, -0.1) is 11.8 Å². The molecule has 0 heterocycles. The van der Waals surface area contributed by atoms with Crippen molar-refractivity contribution in [2.24, 2.45) is 0 Å². The van der Waals surface area contributed by atoms with Crippen LogP contribution in [0.3, 0.4) is 0 Å². The Bertz CT molecular complexity index is 940. The Morgan fingerprint density at radius 1 is 1.15 bits per heavy atom. The largest absolute Gasteiger partial charge is 0.547 e. The van der Waals surface area contributed by atoms with Crippen LogP contribution in [-0.2, 0) is 25.1 Å². The molecule has 0 aliphatic heterocycles. The number of nitrogens with zero attached hydrogens (tertiary/aromatic N) is 1. The summed E-state index contributed by atoms with van der Waals surface area (Å²) in [5, 5.41) is 22.9. The van der Waals surface area contributed by atoms with Crippen LogP contribution in [-0.4, -0.2) is 25.6 Å². The zero-order chi connectivity index (χ0) is 19.5. The van der Waals surface area contributed by atoms with Crippen LogP contribution in [0.5, 0.6) is 0 Å². The van der Waals surface area contributed by atoms with Crippen LogP contribution in [0.1, 0.15) is 18.1 Å². The highest BCUT2D eigenvalue weighted by molar-refractivity contribution is 8.14. The second-order valence-corrected chi connectivity index (χ2v) is 8.71. The van der Waals surface area contributed by atoms with Crippen molar-refractivity contribution in [3.05, 3.63) is 69.8 Å². The van der Waals surface area contributed by atoms with Crippen molar-refractivity contribution in [1.82, 2.24) is 0 Å². The van der Waals surface area contributed by atoms with Crippen molar-refractivity contribution < 1.29 is 23.2 Å². The number of hydrogen-bond acceptors (Lipinski definition) is 7. The van der Waals surface area contributed by atoms with Gasteiger partial charge in [0.05, 0.1) is 15.8 Å². The molecule has 0 bridgehead atoms. The van der Waals surface area contributed by atoms with E-state index in [0.717, 1.165) is 24.3 Å². The van der Waals surface area contributed by atoms with E-state index in [9.17, 15) is 28.4 Å². The summed E-state index contributed by atoms with van der Waals surface area (Å²) in [5.74, 6) is -1.80. The van der Waals surface area contributed by atoms with Gasteiger partial charge in [0, 0.05) is 12.1 Å². The molecule has 0 amide bonds. The highest BCUT2D eigenvalue weighted by Crippen LogP contribution is 2.44. The minimum Gasteiger partial charge on any atom is -0.547 e. The second-order valence-electron chi connectivity index (χ2n) is 5.38. The second kappa shape index (κ2) is 7.46. The fraction of sp³-hybridized carbons (Fsp3) is 0.235. The third-order valence-corrected chi connectivity index (χ3v) is 8.31. The summed E-state index contributed by atoms with van der Waals surface area (Å²) >= 11 is 0.594. The van der Waals surface area contributed by atoms with Crippen LogP contribution in [0.25, 0.3) is 0 Å². The highest BCUT2D eigenvalue weighted by atomic mass is 32.3. The molecular formula is C17H16NO6S2-. The third-order valence-electron chi connectivity index (χ3n) is 4.04. The Kier molecular flexibility index (Phi) is 5.72. The molecule has 0 radical (unpaired) electrons. The van der Waals surface area contributed by atoms with Gasteiger partial charge in [-0.2, -0.15) is 0 Å². The monoisotopic (exact) mass is 394 g/mol. The number of benzene rings is 2. The first-order valence-electron chi connectivity index (χ1n) is 7.56. The molecule has 138 valence electrons. The van der Waals surface area contributed by atoms with Crippen LogP contribution in [0.15, 0.2) is 53.4 Å². The van der Waals surface area contributed by atoms with Gasteiger partial charge >= 0.3 is 0 Å². The van der Waals surface area contributed by atoms with E-state index >= 15 is 0 Å². The standard InChI is InChI=1S/C17H17NO6S2/c1-3-12-6-4-5-7-15(12)26(23,24)17(25-2,16(19)20)13-8-10-14(11-9-13)18(21)22/h4-11H,3H2,1-2H3,(H,19,20)/p-1. The molecular weight excluding hydrogens is 378 g/mol. The maximum absolute atomic E-state index is 13.4. The van der Waals surface area contributed by atoms with Gasteiger partial charge in [0.15, 0.2) is 4.08 Å². The Balaban J connectivity index is 2.78. The van der Waals surface area contributed by atoms with Gasteiger partial charge in [-0.1, -0.05) is 25.1 Å². The van der Waals surface area contributed by atoms with Gasteiger partial charge in [-0.25, -0.2) is 8.42 Å². The number of hydrogen-bond donors (Lipinski definition) is 0. The molecule has 7 nitrogen and oxygen atoms in total. The molecule has 2 aromatic carbocycles. The average molecular weight is 394 g/mol. The fourth-order valence-electron chi connectivity index (χ4n) is 2.71. The van der Waals surface area contributed by atoms with Crippen LogP contribution in [0.4, 0.5) is 5.69 Å². The maximum Gasteiger partial charge on any atom is 0.269 e. The van der Waals surface area contributed by atoms with E-state index in [1.54, 1.807) is 19.1 Å². The maximum atomic E-state index is 13.4. The smallest absolute Gasteiger partial charge is 0.269 e. The number of carboxylic acid groups (broad SMARTS) is 1. The van der Waals surface area contributed by atoms with Crippen LogP contribution >= 0.6 is 11.8 Å². The van der Waals surface area contributed by atoms with Crippen molar-refractivity contribution in [2.45, 2.75) is 22.3 Å². The normalized spacial score (nSPS) is 13.8. The molecule has 0 saturated heterocycles. The molecule has 0 aromatic heterocycles. The van der Waals surface area contributed by atoms with E-state index in [-0.39, 0.29) is 16.1 Å². The number of rotatable bonds is 7. The van der Waals surface area contributed by atoms with Gasteiger partial charge in [0.1, 0.15) is 0 Å². The number of aliphatic carboxylic acids is 1. The van der Waals surface area contributed by atoms with Gasteiger partial charge in [-0.3, -0.25) is 10.1 Å². The summed E-state index contributed by atoms with van der Waals surface area (Å²) in [6.07, 6.45) is 1.75. The number of carbonyl (C=O) groups is 1. The molecule has 0 saturated carbocycles. The number of aryl methyl sites for hydroxylation is 1. The van der Waals surface area contributed by atoms with E-state index in [2.05, 4.69) is 0 Å². The van der Waals surface area contributed by atoms with Crippen LogP contribution in [0.2, 0.25) is 0 Å². The van der Waals surface area contributed by atoms with E-state index in [1.807, 2.05) is 0 Å². The zero-order valence-electron chi connectivity index (χ0n) is 14.0. The van der Waals surface area contributed by atoms with Gasteiger partial charge in [-0.05, 0) is 42.0 Å². The summed E-state index contributed by atoms with van der Waals surface area (Å²) in [6, 6.07) is 10.6. The summed E-state index contributed by atoms with van der Waals surface area (Å²) in [4.78, 5) is 22.1. The van der Waals surface area contributed by atoms with E-state index < -0.39 is 24.8 Å². The zero-order valence-corrected chi connectivity index (χ0v) is 15.7. The highest BCUT2D eigenvalue weighted by Gasteiger charge is 2.48. The lowest BCUT2D eigenvalue weighted by atomic mass is 10.1. The molecule has 2 rings (SSSR count).